The van der Waals surface area contributed by atoms with Gasteiger partial charge in [-0.3, -0.25) is 0 Å². The van der Waals surface area contributed by atoms with Crippen LogP contribution in [0.3, 0.4) is 0 Å². The molecule has 0 heterocycles. The van der Waals surface area contributed by atoms with E-state index >= 15 is 0 Å². The fourth-order valence-electron chi connectivity index (χ4n) is 2.24. The smallest absolute Gasteiger partial charge is 0.432 e. The highest BCUT2D eigenvalue weighted by atomic mass is 35.5. The molecule has 0 aliphatic heterocycles. The average molecular weight is 247 g/mol. The first-order valence-corrected chi connectivity index (χ1v) is 6.36. The van der Waals surface area contributed by atoms with Gasteiger partial charge in [-0.25, -0.2) is 0 Å². The van der Waals surface area contributed by atoms with E-state index in [4.69, 9.17) is 11.5 Å². The molecule has 0 saturated carbocycles. The second-order valence-corrected chi connectivity index (χ2v) is 5.21. The van der Waals surface area contributed by atoms with Crippen LogP contribution in [0.4, 0.5) is 0 Å². The third-order valence-corrected chi connectivity index (χ3v) is 3.15. The minimum atomic E-state index is -0.935. The molecule has 0 saturated heterocycles. The minimum absolute atomic E-state index is 0.547. The molecule has 2 aromatic rings. The van der Waals surface area contributed by atoms with Gasteiger partial charge >= 0.3 is 6.33 Å². The van der Waals surface area contributed by atoms with Crippen molar-refractivity contribution in [1.82, 2.24) is 0 Å². The van der Waals surface area contributed by atoms with Crippen molar-refractivity contribution in [3.8, 4) is 0 Å². The highest BCUT2D eigenvalue weighted by Gasteiger charge is 2.18. The first-order chi connectivity index (χ1) is 8.09. The zero-order valence-corrected chi connectivity index (χ0v) is 10.9. The maximum Gasteiger partial charge on any atom is 0.432 e. The largest absolute Gasteiger partial charge is 0.434 e. The second kappa shape index (κ2) is 5.11. The fraction of sp³-hybridized carbons (Fsp3) is 0.286. The van der Waals surface area contributed by atoms with Crippen LogP contribution >= 0.6 is 11.5 Å². The third kappa shape index (κ3) is 2.64. The molecule has 3 heteroatoms. The van der Waals surface area contributed by atoms with Crippen molar-refractivity contribution >= 4 is 34.0 Å². The van der Waals surface area contributed by atoms with Crippen LogP contribution in [0.15, 0.2) is 36.4 Å². The summed E-state index contributed by atoms with van der Waals surface area (Å²) in [6, 6.07) is 12.2. The van der Waals surface area contributed by atoms with Crippen LogP contribution in [0.2, 0.25) is 0 Å². The molecule has 0 bridgehead atoms. The van der Waals surface area contributed by atoms with Crippen LogP contribution in [0, 0.1) is 5.92 Å². The lowest BCUT2D eigenvalue weighted by Gasteiger charge is -2.14. The first-order valence-electron chi connectivity index (χ1n) is 5.92. The summed E-state index contributed by atoms with van der Waals surface area (Å²) < 4.78 is 0. The lowest BCUT2D eigenvalue weighted by Crippen LogP contribution is -2.29. The standard InChI is InChI=1S/C14H16BClO/c1-10(2)9-12-8-7-11-5-3-4-6-13(11)14(12)15(16)17/h3-8,10,17H,9H2,1-2H3. The number of hydrogen-bond acceptors (Lipinski definition) is 1. The van der Waals surface area contributed by atoms with Crippen molar-refractivity contribution < 1.29 is 5.02 Å². The Morgan fingerprint density at radius 3 is 2.53 bits per heavy atom. The highest BCUT2D eigenvalue weighted by molar-refractivity contribution is 7.11. The molecule has 0 unspecified atom stereocenters. The molecular weight excluding hydrogens is 230 g/mol. The molecule has 0 fully saturated rings. The average Bonchev–Trinajstić information content (AvgIpc) is 2.27. The van der Waals surface area contributed by atoms with Crippen molar-refractivity contribution in [2.24, 2.45) is 5.92 Å². The second-order valence-electron chi connectivity index (χ2n) is 4.79. The summed E-state index contributed by atoms with van der Waals surface area (Å²) in [5.74, 6) is 0.547. The Morgan fingerprint density at radius 1 is 1.18 bits per heavy atom. The van der Waals surface area contributed by atoms with Gasteiger partial charge in [-0.1, -0.05) is 50.2 Å². The van der Waals surface area contributed by atoms with E-state index in [0.717, 1.165) is 28.2 Å². The number of rotatable bonds is 3. The van der Waals surface area contributed by atoms with E-state index in [0.29, 0.717) is 5.92 Å². The minimum Gasteiger partial charge on any atom is -0.434 e. The van der Waals surface area contributed by atoms with Gasteiger partial charge in [0, 0.05) is 0 Å². The van der Waals surface area contributed by atoms with E-state index in [1.165, 1.54) is 0 Å². The van der Waals surface area contributed by atoms with Gasteiger partial charge in [-0.2, -0.15) is 0 Å². The van der Waals surface area contributed by atoms with Gasteiger partial charge < -0.3 is 5.02 Å². The van der Waals surface area contributed by atoms with E-state index in [9.17, 15) is 5.02 Å². The number of benzene rings is 2. The van der Waals surface area contributed by atoms with E-state index in [-0.39, 0.29) is 0 Å². The van der Waals surface area contributed by atoms with Gasteiger partial charge in [0.25, 0.3) is 0 Å². The van der Waals surface area contributed by atoms with Crippen LogP contribution in [0.5, 0.6) is 0 Å². The molecule has 88 valence electrons. The predicted octanol–water partition coefficient (Wildman–Crippen LogP) is 2.96. The van der Waals surface area contributed by atoms with Gasteiger partial charge in [0.05, 0.1) is 0 Å². The molecule has 0 amide bonds. The highest BCUT2D eigenvalue weighted by Crippen LogP contribution is 2.17. The monoisotopic (exact) mass is 246 g/mol. The van der Waals surface area contributed by atoms with Crippen LogP contribution in [0.1, 0.15) is 19.4 Å². The van der Waals surface area contributed by atoms with Gasteiger partial charge in [-0.05, 0) is 34.1 Å². The Labute approximate surface area is 107 Å². The Balaban J connectivity index is 2.64. The van der Waals surface area contributed by atoms with Gasteiger partial charge in [-0.15, -0.1) is 11.5 Å². The molecule has 1 N–H and O–H groups in total. The Morgan fingerprint density at radius 2 is 1.88 bits per heavy atom. The zero-order chi connectivity index (χ0) is 12.4. The molecule has 0 radical (unpaired) electrons. The molecule has 1 nitrogen and oxygen atoms in total. The van der Waals surface area contributed by atoms with Gasteiger partial charge in [0.1, 0.15) is 0 Å². The topological polar surface area (TPSA) is 20.2 Å². The summed E-state index contributed by atoms with van der Waals surface area (Å²) in [5.41, 5.74) is 2.00. The maximum absolute atomic E-state index is 9.78. The molecule has 0 aromatic heterocycles. The molecule has 0 atom stereocenters. The molecule has 2 rings (SSSR count). The van der Waals surface area contributed by atoms with Crippen molar-refractivity contribution in [1.29, 1.82) is 0 Å². The first kappa shape index (κ1) is 12.5. The summed E-state index contributed by atoms with van der Waals surface area (Å²) in [7, 11) is 0. The summed E-state index contributed by atoms with van der Waals surface area (Å²) >= 11 is 5.93. The number of hydrogen-bond donors (Lipinski definition) is 1. The number of fused-ring (bicyclic) bond motifs is 1. The van der Waals surface area contributed by atoms with E-state index in [2.05, 4.69) is 26.0 Å². The van der Waals surface area contributed by atoms with Crippen molar-refractivity contribution in [2.45, 2.75) is 20.3 Å². The van der Waals surface area contributed by atoms with Crippen LogP contribution < -0.4 is 5.46 Å². The Bertz CT molecular complexity index is 523. The van der Waals surface area contributed by atoms with Crippen LogP contribution in [0.25, 0.3) is 10.8 Å². The van der Waals surface area contributed by atoms with E-state index < -0.39 is 6.33 Å². The summed E-state index contributed by atoms with van der Waals surface area (Å²) in [4.78, 5) is 0. The molecule has 0 aliphatic rings. The maximum atomic E-state index is 9.78. The summed E-state index contributed by atoms with van der Waals surface area (Å²) in [5, 5.41) is 12.0. The lowest BCUT2D eigenvalue weighted by atomic mass is 9.77. The van der Waals surface area contributed by atoms with E-state index in [1.807, 2.05) is 24.3 Å². The zero-order valence-electron chi connectivity index (χ0n) is 10.2. The van der Waals surface area contributed by atoms with Gasteiger partial charge in [0.2, 0.25) is 0 Å². The fourth-order valence-corrected chi connectivity index (χ4v) is 2.50. The van der Waals surface area contributed by atoms with Crippen molar-refractivity contribution in [3.05, 3.63) is 42.0 Å². The summed E-state index contributed by atoms with van der Waals surface area (Å²) in [6.07, 6.45) is -0.000852. The predicted molar refractivity (Wildman–Crippen MR) is 75.9 cm³/mol. The SMILES string of the molecule is CC(C)Cc1ccc2ccccc2c1B(O)Cl. The molecular formula is C14H16BClO. The Kier molecular flexibility index (Phi) is 3.75. The van der Waals surface area contributed by atoms with E-state index in [1.54, 1.807) is 0 Å². The van der Waals surface area contributed by atoms with Gasteiger partial charge in [0.15, 0.2) is 0 Å². The molecule has 0 spiro atoms. The third-order valence-electron chi connectivity index (χ3n) is 2.93. The van der Waals surface area contributed by atoms with Crippen molar-refractivity contribution in [3.63, 3.8) is 0 Å². The summed E-state index contributed by atoms with van der Waals surface area (Å²) in [6.45, 7) is 4.33. The number of halogens is 1. The van der Waals surface area contributed by atoms with Crippen LogP contribution in [-0.4, -0.2) is 11.4 Å². The molecule has 17 heavy (non-hydrogen) atoms. The quantitative estimate of drug-likeness (QED) is 0.826. The Hall–Kier alpha value is -0.985. The molecule has 0 aliphatic carbocycles. The lowest BCUT2D eigenvalue weighted by molar-refractivity contribution is 0.605. The molecule has 2 aromatic carbocycles. The normalized spacial score (nSPS) is 11.1. The van der Waals surface area contributed by atoms with Crippen LogP contribution in [-0.2, 0) is 6.42 Å². The van der Waals surface area contributed by atoms with Crippen molar-refractivity contribution in [2.75, 3.05) is 0 Å².